The Morgan fingerprint density at radius 1 is 0.708 bits per heavy atom. The Labute approximate surface area is 140 Å². The van der Waals surface area contributed by atoms with E-state index < -0.39 is 23.9 Å². The molecule has 0 saturated heterocycles. The molecule has 0 fully saturated rings. The van der Waals surface area contributed by atoms with Gasteiger partial charge in [-0.1, -0.05) is 39.0 Å². The van der Waals surface area contributed by atoms with Gasteiger partial charge in [-0.2, -0.15) is 0 Å². The van der Waals surface area contributed by atoms with Crippen LogP contribution in [0, 0.1) is 0 Å². The number of esters is 1. The van der Waals surface area contributed by atoms with Crippen LogP contribution in [0.2, 0.25) is 0 Å². The zero-order chi connectivity index (χ0) is 18.8. The molecule has 136 valence electrons. The second-order valence-electron chi connectivity index (χ2n) is 4.62. The molecule has 8 heteroatoms. The summed E-state index contributed by atoms with van der Waals surface area (Å²) in [5.41, 5.74) is 0. The van der Waals surface area contributed by atoms with E-state index in [9.17, 15) is 19.2 Å². The molecule has 0 aliphatic heterocycles. The summed E-state index contributed by atoms with van der Waals surface area (Å²) < 4.78 is 4.81. The molecule has 0 atom stereocenters. The molecule has 0 bridgehead atoms. The van der Waals surface area contributed by atoms with Crippen LogP contribution in [0.3, 0.4) is 0 Å². The molecule has 0 aromatic heterocycles. The molecule has 0 spiro atoms. The van der Waals surface area contributed by atoms with Gasteiger partial charge in [-0.15, -0.1) is 0 Å². The molecule has 0 heterocycles. The lowest BCUT2D eigenvalue weighted by molar-refractivity contribution is -0.138. The first-order valence-electron chi connectivity index (χ1n) is 7.51. The maximum atomic E-state index is 10.9. The summed E-state index contributed by atoms with van der Waals surface area (Å²) in [6.45, 7) is 2.53. The van der Waals surface area contributed by atoms with E-state index in [0.717, 1.165) is 31.4 Å². The predicted octanol–water partition coefficient (Wildman–Crippen LogP) is 2.24. The van der Waals surface area contributed by atoms with E-state index in [2.05, 4.69) is 6.92 Å². The highest BCUT2D eigenvalue weighted by molar-refractivity contribution is 5.90. The van der Waals surface area contributed by atoms with E-state index in [0.29, 0.717) is 18.8 Å². The highest BCUT2D eigenvalue weighted by Crippen LogP contribution is 2.04. The van der Waals surface area contributed by atoms with Crippen molar-refractivity contribution in [2.24, 2.45) is 0 Å². The highest BCUT2D eigenvalue weighted by Gasteiger charge is 1.98. The van der Waals surface area contributed by atoms with Gasteiger partial charge in [0.15, 0.2) is 0 Å². The van der Waals surface area contributed by atoms with Gasteiger partial charge >= 0.3 is 23.9 Å². The fourth-order valence-corrected chi connectivity index (χ4v) is 1.39. The third kappa shape index (κ3) is 24.4. The second kappa shape index (κ2) is 16.7. The van der Waals surface area contributed by atoms with Gasteiger partial charge in [-0.25, -0.2) is 19.2 Å². The van der Waals surface area contributed by atoms with Gasteiger partial charge in [0.25, 0.3) is 0 Å². The van der Waals surface area contributed by atoms with Crippen LogP contribution in [0.4, 0.5) is 0 Å². The monoisotopic (exact) mass is 344 g/mol. The molecule has 0 radical (unpaired) electrons. The first-order valence-corrected chi connectivity index (χ1v) is 7.51. The third-order valence-electron chi connectivity index (χ3n) is 2.47. The minimum Gasteiger partial charge on any atom is -0.478 e. The summed E-state index contributed by atoms with van der Waals surface area (Å²) in [5, 5.41) is 23.9. The van der Waals surface area contributed by atoms with Crippen molar-refractivity contribution in [3.8, 4) is 0 Å². The normalized spacial score (nSPS) is 10.2. The topological polar surface area (TPSA) is 138 Å². The van der Waals surface area contributed by atoms with E-state index in [1.165, 1.54) is 19.3 Å². The first kappa shape index (κ1) is 23.6. The van der Waals surface area contributed by atoms with Crippen molar-refractivity contribution in [3.05, 3.63) is 24.3 Å². The van der Waals surface area contributed by atoms with Crippen molar-refractivity contribution in [1.29, 1.82) is 0 Å². The average molecular weight is 344 g/mol. The largest absolute Gasteiger partial charge is 0.478 e. The molecule has 0 saturated carbocycles. The Balaban J connectivity index is 0. The van der Waals surface area contributed by atoms with E-state index in [1.807, 2.05) is 0 Å². The van der Waals surface area contributed by atoms with Crippen LogP contribution in [0.25, 0.3) is 0 Å². The van der Waals surface area contributed by atoms with Gasteiger partial charge in [0.1, 0.15) is 0 Å². The van der Waals surface area contributed by atoms with Crippen LogP contribution < -0.4 is 0 Å². The molecule has 8 nitrogen and oxygen atoms in total. The summed E-state index contributed by atoms with van der Waals surface area (Å²) in [6, 6.07) is 0. The van der Waals surface area contributed by atoms with Crippen molar-refractivity contribution in [1.82, 2.24) is 0 Å². The number of carboxylic acids is 3. The van der Waals surface area contributed by atoms with Crippen LogP contribution in [0.15, 0.2) is 24.3 Å². The minimum absolute atomic E-state index is 0.370. The van der Waals surface area contributed by atoms with E-state index in [4.69, 9.17) is 20.1 Å². The van der Waals surface area contributed by atoms with Crippen LogP contribution in [-0.2, 0) is 23.9 Å². The quantitative estimate of drug-likeness (QED) is 0.295. The number of unbranched alkanes of at least 4 members (excludes halogenated alkanes) is 5. The minimum atomic E-state index is -1.26. The number of carbonyl (C=O) groups is 4. The second-order valence-corrected chi connectivity index (χ2v) is 4.62. The Morgan fingerprint density at radius 3 is 1.58 bits per heavy atom. The number of aliphatic carboxylic acids is 3. The molecular weight excluding hydrogens is 320 g/mol. The molecule has 3 N–H and O–H groups in total. The molecule has 0 rings (SSSR count). The van der Waals surface area contributed by atoms with Crippen LogP contribution in [0.5, 0.6) is 0 Å². The third-order valence-corrected chi connectivity index (χ3v) is 2.47. The molecular formula is C16H24O8. The van der Waals surface area contributed by atoms with E-state index in [-0.39, 0.29) is 0 Å². The lowest BCUT2D eigenvalue weighted by atomic mass is 10.1. The fourth-order valence-electron chi connectivity index (χ4n) is 1.39. The molecule has 0 aromatic rings. The number of ether oxygens (including phenoxy) is 1. The van der Waals surface area contributed by atoms with Gasteiger partial charge in [-0.05, 0) is 6.42 Å². The summed E-state index contributed by atoms with van der Waals surface area (Å²) >= 11 is 0. The van der Waals surface area contributed by atoms with Crippen molar-refractivity contribution in [2.45, 2.75) is 45.4 Å². The van der Waals surface area contributed by atoms with Crippen molar-refractivity contribution in [3.63, 3.8) is 0 Å². The molecule has 0 aliphatic carbocycles. The lowest BCUT2D eigenvalue weighted by Crippen LogP contribution is -2.03. The molecule has 0 aliphatic rings. The average Bonchev–Trinajstić information content (AvgIpc) is 2.50. The number of carboxylic acid groups (broad SMARTS) is 3. The number of carbonyl (C=O) groups excluding carboxylic acids is 1. The zero-order valence-electron chi connectivity index (χ0n) is 13.6. The van der Waals surface area contributed by atoms with Crippen molar-refractivity contribution in [2.75, 3.05) is 6.61 Å². The van der Waals surface area contributed by atoms with Crippen molar-refractivity contribution >= 4 is 23.9 Å². The summed E-state index contributed by atoms with van der Waals surface area (Å²) in [6.07, 6.45) is 9.58. The highest BCUT2D eigenvalue weighted by atomic mass is 16.5. The van der Waals surface area contributed by atoms with Gasteiger partial charge in [0.05, 0.1) is 6.61 Å². The van der Waals surface area contributed by atoms with Crippen molar-refractivity contribution < 1.29 is 39.2 Å². The summed E-state index contributed by atoms with van der Waals surface area (Å²) in [4.78, 5) is 40.1. The summed E-state index contributed by atoms with van der Waals surface area (Å²) in [7, 11) is 0. The number of hydrogen-bond acceptors (Lipinski definition) is 5. The Bertz CT molecular complexity index is 435. The maximum absolute atomic E-state index is 10.9. The van der Waals surface area contributed by atoms with Crippen LogP contribution in [0.1, 0.15) is 45.4 Å². The van der Waals surface area contributed by atoms with Gasteiger partial charge in [-0.3, -0.25) is 0 Å². The van der Waals surface area contributed by atoms with Gasteiger partial charge < -0.3 is 20.1 Å². The molecule has 0 amide bonds. The van der Waals surface area contributed by atoms with Crippen LogP contribution in [-0.4, -0.2) is 45.8 Å². The Hall–Kier alpha value is -2.64. The van der Waals surface area contributed by atoms with Gasteiger partial charge in [0, 0.05) is 24.3 Å². The SMILES string of the molecule is CCCCCCCCOC(=O)/C=C\C(=O)O.O=C(O)/C=C\C(=O)O. The smallest absolute Gasteiger partial charge is 0.331 e. The van der Waals surface area contributed by atoms with Crippen LogP contribution >= 0.6 is 0 Å². The first-order chi connectivity index (χ1) is 11.3. The van der Waals surface area contributed by atoms with E-state index in [1.54, 1.807) is 0 Å². The Kier molecular flexibility index (Phi) is 16.5. The fraction of sp³-hybridized carbons (Fsp3) is 0.500. The lowest BCUT2D eigenvalue weighted by Gasteiger charge is -2.01. The standard InChI is InChI=1S/C12H20O4.C4H4O4/c1-2-3-4-5-6-7-10-16-12(15)9-8-11(13)14;5-3(6)1-2-4(7)8/h8-9H,2-7,10H2,1H3,(H,13,14);1-2H,(H,5,6)(H,7,8)/b9-8-;2-1-. The van der Waals surface area contributed by atoms with E-state index >= 15 is 0 Å². The summed E-state index contributed by atoms with van der Waals surface area (Å²) in [5.74, 6) is -4.24. The number of rotatable bonds is 11. The molecule has 0 aromatic carbocycles. The van der Waals surface area contributed by atoms with Gasteiger partial charge in [0.2, 0.25) is 0 Å². The number of hydrogen-bond donors (Lipinski definition) is 3. The Morgan fingerprint density at radius 2 is 1.12 bits per heavy atom. The maximum Gasteiger partial charge on any atom is 0.331 e. The molecule has 24 heavy (non-hydrogen) atoms. The molecule has 0 unspecified atom stereocenters. The predicted molar refractivity (Wildman–Crippen MR) is 85.5 cm³/mol. The zero-order valence-corrected chi connectivity index (χ0v) is 13.6.